The number of amides is 2. The van der Waals surface area contributed by atoms with Crippen LogP contribution in [0.5, 0.6) is 0 Å². The van der Waals surface area contributed by atoms with E-state index in [0.29, 0.717) is 39.3 Å². The van der Waals surface area contributed by atoms with Gasteiger partial charge in [-0.1, -0.05) is 42.5 Å². The van der Waals surface area contributed by atoms with Crippen LogP contribution < -0.4 is 0 Å². The average molecular weight is 354 g/mol. The van der Waals surface area contributed by atoms with E-state index in [9.17, 15) is 9.59 Å². The van der Waals surface area contributed by atoms with E-state index in [4.69, 9.17) is 4.74 Å². The van der Waals surface area contributed by atoms with Crippen molar-refractivity contribution in [1.29, 1.82) is 0 Å². The number of likely N-dealkylation sites (tertiary alicyclic amines) is 1. The average Bonchev–Trinajstić information content (AvgIpc) is 2.70. The van der Waals surface area contributed by atoms with Gasteiger partial charge < -0.3 is 14.5 Å². The minimum absolute atomic E-state index is 0.127. The Labute approximate surface area is 154 Å². The van der Waals surface area contributed by atoms with E-state index >= 15 is 0 Å². The summed E-state index contributed by atoms with van der Waals surface area (Å²) in [6.07, 6.45) is 5.87. The highest BCUT2D eigenvalue weighted by atomic mass is 16.5. The summed E-state index contributed by atoms with van der Waals surface area (Å²) < 4.78 is 5.37. The monoisotopic (exact) mass is 354 g/mol. The van der Waals surface area contributed by atoms with Crippen LogP contribution in [0, 0.1) is 17.8 Å². The van der Waals surface area contributed by atoms with Gasteiger partial charge in [0.1, 0.15) is 0 Å². The minimum atomic E-state index is -0.228. The van der Waals surface area contributed by atoms with Gasteiger partial charge in [0.2, 0.25) is 11.8 Å². The third-order valence-electron chi connectivity index (χ3n) is 5.85. The van der Waals surface area contributed by atoms with E-state index in [2.05, 4.69) is 24.3 Å². The molecule has 3 aliphatic rings. The van der Waals surface area contributed by atoms with Crippen LogP contribution in [0.2, 0.25) is 0 Å². The van der Waals surface area contributed by atoms with E-state index in [0.717, 1.165) is 18.5 Å². The normalized spacial score (nSPS) is 28.8. The van der Waals surface area contributed by atoms with Crippen LogP contribution in [0.25, 0.3) is 0 Å². The zero-order valence-corrected chi connectivity index (χ0v) is 15.0. The standard InChI is InChI=1S/C21H26N2O3/c24-20(22-11-13-26-14-12-22)18-8-4-7-17-9-10-23(21(25)19(17)18)15-16-5-2-1-3-6-16/h1-7,17-19H,8-15H2. The highest BCUT2D eigenvalue weighted by molar-refractivity contribution is 5.89. The van der Waals surface area contributed by atoms with Gasteiger partial charge in [0.15, 0.2) is 0 Å². The van der Waals surface area contributed by atoms with E-state index < -0.39 is 0 Å². The topological polar surface area (TPSA) is 49.9 Å². The largest absolute Gasteiger partial charge is 0.378 e. The number of morpholine rings is 1. The third kappa shape index (κ3) is 3.40. The predicted molar refractivity (Wildman–Crippen MR) is 98.1 cm³/mol. The molecular weight excluding hydrogens is 328 g/mol. The number of fused-ring (bicyclic) bond motifs is 1. The smallest absolute Gasteiger partial charge is 0.227 e. The first-order chi connectivity index (χ1) is 12.7. The van der Waals surface area contributed by atoms with Crippen molar-refractivity contribution in [1.82, 2.24) is 9.80 Å². The van der Waals surface area contributed by atoms with Crippen molar-refractivity contribution in [3.05, 3.63) is 48.0 Å². The number of benzene rings is 1. The van der Waals surface area contributed by atoms with Crippen molar-refractivity contribution >= 4 is 11.8 Å². The van der Waals surface area contributed by atoms with Crippen molar-refractivity contribution in [3.8, 4) is 0 Å². The van der Waals surface area contributed by atoms with Gasteiger partial charge in [0.05, 0.1) is 25.0 Å². The molecule has 2 fully saturated rings. The van der Waals surface area contributed by atoms with Crippen molar-refractivity contribution in [2.24, 2.45) is 17.8 Å². The summed E-state index contributed by atoms with van der Waals surface area (Å²) in [5.41, 5.74) is 1.14. The van der Waals surface area contributed by atoms with Gasteiger partial charge in [-0.2, -0.15) is 0 Å². The number of carbonyl (C=O) groups excluding carboxylic acids is 2. The molecule has 2 amide bonds. The second kappa shape index (κ2) is 7.62. The van der Waals surface area contributed by atoms with Gasteiger partial charge >= 0.3 is 0 Å². The van der Waals surface area contributed by atoms with E-state index in [1.165, 1.54) is 0 Å². The minimum Gasteiger partial charge on any atom is -0.378 e. The van der Waals surface area contributed by atoms with Crippen LogP contribution in [-0.4, -0.2) is 54.5 Å². The van der Waals surface area contributed by atoms with Gasteiger partial charge in [0, 0.05) is 26.2 Å². The van der Waals surface area contributed by atoms with Crippen LogP contribution >= 0.6 is 0 Å². The Balaban J connectivity index is 1.51. The number of hydrogen-bond acceptors (Lipinski definition) is 3. The second-order valence-corrected chi connectivity index (χ2v) is 7.43. The molecule has 4 rings (SSSR count). The SMILES string of the molecule is O=C(C1CC=CC2CCN(Cc3ccccc3)C(=O)C21)N1CCOCC1. The van der Waals surface area contributed by atoms with Gasteiger partial charge in [-0.15, -0.1) is 0 Å². The highest BCUT2D eigenvalue weighted by Gasteiger charge is 2.45. The van der Waals surface area contributed by atoms with Gasteiger partial charge in [-0.25, -0.2) is 0 Å². The molecule has 0 saturated carbocycles. The van der Waals surface area contributed by atoms with E-state index in [-0.39, 0.29) is 29.6 Å². The maximum atomic E-state index is 13.3. The molecule has 2 aliphatic heterocycles. The van der Waals surface area contributed by atoms with Gasteiger partial charge in [-0.3, -0.25) is 9.59 Å². The molecule has 3 atom stereocenters. The number of piperidine rings is 1. The fourth-order valence-electron chi connectivity index (χ4n) is 4.46. The lowest BCUT2D eigenvalue weighted by Crippen LogP contribution is -2.53. The van der Waals surface area contributed by atoms with Crippen molar-refractivity contribution in [2.45, 2.75) is 19.4 Å². The first-order valence-corrected chi connectivity index (χ1v) is 9.60. The zero-order chi connectivity index (χ0) is 17.9. The summed E-state index contributed by atoms with van der Waals surface area (Å²) in [7, 11) is 0. The third-order valence-corrected chi connectivity index (χ3v) is 5.85. The lowest BCUT2D eigenvalue weighted by molar-refractivity contribution is -0.153. The van der Waals surface area contributed by atoms with Crippen molar-refractivity contribution in [3.63, 3.8) is 0 Å². The molecular formula is C21H26N2O3. The molecule has 1 aromatic carbocycles. The van der Waals surface area contributed by atoms with Crippen LogP contribution in [0.1, 0.15) is 18.4 Å². The molecule has 2 heterocycles. The van der Waals surface area contributed by atoms with Crippen molar-refractivity contribution < 1.29 is 14.3 Å². The summed E-state index contributed by atoms with van der Waals surface area (Å²) in [6.45, 7) is 3.85. The van der Waals surface area contributed by atoms with Crippen LogP contribution in [0.4, 0.5) is 0 Å². The molecule has 26 heavy (non-hydrogen) atoms. The molecule has 2 saturated heterocycles. The van der Waals surface area contributed by atoms with Crippen molar-refractivity contribution in [2.75, 3.05) is 32.8 Å². The first kappa shape index (κ1) is 17.3. The number of hydrogen-bond donors (Lipinski definition) is 0. The molecule has 5 heteroatoms. The summed E-state index contributed by atoms with van der Waals surface area (Å²) in [6, 6.07) is 10.1. The number of allylic oxidation sites excluding steroid dienone is 2. The van der Waals surface area contributed by atoms with Crippen LogP contribution in [-0.2, 0) is 20.9 Å². The lowest BCUT2D eigenvalue weighted by Gasteiger charge is -2.43. The van der Waals surface area contributed by atoms with Crippen LogP contribution in [0.3, 0.4) is 0 Å². The number of carbonyl (C=O) groups is 2. The highest BCUT2D eigenvalue weighted by Crippen LogP contribution is 2.38. The Morgan fingerprint density at radius 1 is 1.12 bits per heavy atom. The molecule has 0 bridgehead atoms. The number of nitrogens with zero attached hydrogens (tertiary/aromatic N) is 2. The zero-order valence-electron chi connectivity index (χ0n) is 15.0. The first-order valence-electron chi connectivity index (χ1n) is 9.60. The van der Waals surface area contributed by atoms with Gasteiger partial charge in [0.25, 0.3) is 0 Å². The number of ether oxygens (including phenoxy) is 1. The number of rotatable bonds is 3. The molecule has 1 aromatic rings. The summed E-state index contributed by atoms with van der Waals surface area (Å²) in [5.74, 6) is 0.0175. The molecule has 3 unspecified atom stereocenters. The Bertz CT molecular complexity index is 682. The maximum Gasteiger partial charge on any atom is 0.227 e. The Kier molecular flexibility index (Phi) is 5.07. The molecule has 0 aromatic heterocycles. The summed E-state index contributed by atoms with van der Waals surface area (Å²) in [5, 5.41) is 0. The molecule has 1 aliphatic carbocycles. The quantitative estimate of drug-likeness (QED) is 0.781. The van der Waals surface area contributed by atoms with E-state index in [1.54, 1.807) is 0 Å². The fraction of sp³-hybridized carbons (Fsp3) is 0.524. The summed E-state index contributed by atoms with van der Waals surface area (Å²) >= 11 is 0. The van der Waals surface area contributed by atoms with E-state index in [1.807, 2.05) is 28.0 Å². The molecule has 0 spiro atoms. The Hall–Kier alpha value is -2.14. The molecule has 5 nitrogen and oxygen atoms in total. The second-order valence-electron chi connectivity index (χ2n) is 7.43. The fourth-order valence-corrected chi connectivity index (χ4v) is 4.46. The predicted octanol–water partition coefficient (Wildman–Crippen LogP) is 2.09. The molecule has 0 N–H and O–H groups in total. The Morgan fingerprint density at radius 2 is 1.88 bits per heavy atom. The van der Waals surface area contributed by atoms with Gasteiger partial charge in [-0.05, 0) is 24.3 Å². The maximum absolute atomic E-state index is 13.3. The van der Waals surface area contributed by atoms with Crippen LogP contribution in [0.15, 0.2) is 42.5 Å². The molecule has 0 radical (unpaired) electrons. The summed E-state index contributed by atoms with van der Waals surface area (Å²) in [4.78, 5) is 30.2. The Morgan fingerprint density at radius 3 is 2.65 bits per heavy atom. The lowest BCUT2D eigenvalue weighted by atomic mass is 9.71. The molecule has 138 valence electrons.